The van der Waals surface area contributed by atoms with Crippen LogP contribution in [0.1, 0.15) is 17.2 Å². The van der Waals surface area contributed by atoms with Gasteiger partial charge < -0.3 is 5.73 Å². The Morgan fingerprint density at radius 3 is 2.44 bits per heavy atom. The maximum absolute atomic E-state index is 12.3. The highest BCUT2D eigenvalue weighted by molar-refractivity contribution is 5.45. The summed E-state index contributed by atoms with van der Waals surface area (Å²) in [7, 11) is 0. The van der Waals surface area contributed by atoms with Crippen LogP contribution < -0.4 is 5.73 Å². The van der Waals surface area contributed by atoms with Crippen molar-refractivity contribution in [3.8, 4) is 0 Å². The van der Waals surface area contributed by atoms with Crippen LogP contribution in [0.15, 0.2) is 18.2 Å². The molecule has 1 aromatic carbocycles. The minimum absolute atomic E-state index is 0.504. The van der Waals surface area contributed by atoms with Gasteiger partial charge in [0.1, 0.15) is 6.04 Å². The third-order valence-electron chi connectivity index (χ3n) is 2.07. The lowest BCUT2D eigenvalue weighted by Gasteiger charge is -2.15. The van der Waals surface area contributed by atoms with Gasteiger partial charge in [0.2, 0.25) is 0 Å². The van der Waals surface area contributed by atoms with Gasteiger partial charge in [-0.15, -0.1) is 0 Å². The highest BCUT2D eigenvalue weighted by atomic mass is 19.4. The van der Waals surface area contributed by atoms with Crippen molar-refractivity contribution in [2.24, 2.45) is 5.73 Å². The first-order valence-corrected chi connectivity index (χ1v) is 4.30. The highest BCUT2D eigenvalue weighted by Gasteiger charge is 2.41. The number of nitro groups is 1. The van der Waals surface area contributed by atoms with Crippen LogP contribution >= 0.6 is 0 Å². The minimum atomic E-state index is -4.69. The van der Waals surface area contributed by atoms with Crippen molar-refractivity contribution >= 4 is 5.69 Å². The van der Waals surface area contributed by atoms with Crippen molar-refractivity contribution in [1.82, 2.24) is 0 Å². The third kappa shape index (κ3) is 2.48. The number of alkyl halides is 3. The van der Waals surface area contributed by atoms with E-state index in [0.29, 0.717) is 5.56 Å². The van der Waals surface area contributed by atoms with E-state index in [1.807, 2.05) is 0 Å². The van der Waals surface area contributed by atoms with E-state index >= 15 is 0 Å². The molecule has 0 saturated carbocycles. The van der Waals surface area contributed by atoms with Gasteiger partial charge in [-0.05, 0) is 18.6 Å². The van der Waals surface area contributed by atoms with Crippen LogP contribution in [-0.2, 0) is 0 Å². The lowest BCUT2D eigenvalue weighted by atomic mass is 10.0. The van der Waals surface area contributed by atoms with Gasteiger partial charge in [0.25, 0.3) is 5.69 Å². The largest absolute Gasteiger partial charge is 0.407 e. The number of benzene rings is 1. The summed E-state index contributed by atoms with van der Waals surface area (Å²) in [6, 6.07) is 1.12. The van der Waals surface area contributed by atoms with Gasteiger partial charge in [0.05, 0.1) is 10.5 Å². The lowest BCUT2D eigenvalue weighted by molar-refractivity contribution is -0.386. The summed E-state index contributed by atoms with van der Waals surface area (Å²) in [4.78, 5) is 9.72. The number of nitrogens with zero attached hydrogens (tertiary/aromatic N) is 1. The normalized spacial score (nSPS) is 13.6. The zero-order valence-electron chi connectivity index (χ0n) is 8.28. The zero-order chi connectivity index (χ0) is 12.5. The van der Waals surface area contributed by atoms with E-state index in [9.17, 15) is 23.3 Å². The molecule has 16 heavy (non-hydrogen) atoms. The van der Waals surface area contributed by atoms with E-state index < -0.39 is 28.4 Å². The molecule has 0 bridgehead atoms. The molecule has 1 aromatic rings. The van der Waals surface area contributed by atoms with E-state index in [2.05, 4.69) is 0 Å². The summed E-state index contributed by atoms with van der Waals surface area (Å²) < 4.78 is 37.0. The molecule has 1 atom stereocenters. The van der Waals surface area contributed by atoms with Crippen LogP contribution in [0.4, 0.5) is 18.9 Å². The number of hydrogen-bond acceptors (Lipinski definition) is 3. The number of nitro benzene ring substituents is 1. The summed E-state index contributed by atoms with van der Waals surface area (Å²) >= 11 is 0. The Kier molecular flexibility index (Phi) is 3.18. The van der Waals surface area contributed by atoms with Crippen molar-refractivity contribution in [2.45, 2.75) is 19.1 Å². The smallest absolute Gasteiger partial charge is 0.316 e. The van der Waals surface area contributed by atoms with Crippen molar-refractivity contribution in [1.29, 1.82) is 0 Å². The standard InChI is InChI=1S/C9H9F3N2O2/c1-5-2-3-6(7(4-5)14(15)16)8(13)9(10,11)12/h2-4,8H,13H2,1H3/t8-/m0/s1. The molecular formula is C9H9F3N2O2. The van der Waals surface area contributed by atoms with Gasteiger partial charge >= 0.3 is 6.18 Å². The molecule has 0 heterocycles. The van der Waals surface area contributed by atoms with Gasteiger partial charge in [0.15, 0.2) is 0 Å². The molecule has 0 unspecified atom stereocenters. The van der Waals surface area contributed by atoms with Crippen LogP contribution in [0.25, 0.3) is 0 Å². The Labute approximate surface area is 89.0 Å². The number of halogens is 3. The molecule has 1 rings (SSSR count). The third-order valence-corrected chi connectivity index (χ3v) is 2.07. The van der Waals surface area contributed by atoms with Crippen molar-refractivity contribution < 1.29 is 18.1 Å². The molecule has 4 nitrogen and oxygen atoms in total. The summed E-state index contributed by atoms with van der Waals surface area (Å²) in [5, 5.41) is 10.6. The van der Waals surface area contributed by atoms with Crippen molar-refractivity contribution in [2.75, 3.05) is 0 Å². The number of aryl methyl sites for hydroxylation is 1. The maximum atomic E-state index is 12.3. The second-order valence-electron chi connectivity index (χ2n) is 3.34. The minimum Gasteiger partial charge on any atom is -0.316 e. The average molecular weight is 234 g/mol. The first kappa shape index (κ1) is 12.4. The Hall–Kier alpha value is -1.63. The summed E-state index contributed by atoms with van der Waals surface area (Å²) in [5.74, 6) is 0. The monoisotopic (exact) mass is 234 g/mol. The molecule has 0 amide bonds. The Morgan fingerprint density at radius 2 is 2.00 bits per heavy atom. The van der Waals surface area contributed by atoms with Crippen LogP contribution in [0.5, 0.6) is 0 Å². The molecule has 0 fully saturated rings. The molecule has 2 N–H and O–H groups in total. The van der Waals surface area contributed by atoms with Gasteiger partial charge in [-0.3, -0.25) is 10.1 Å². The average Bonchev–Trinajstić information content (AvgIpc) is 2.15. The van der Waals surface area contributed by atoms with Crippen LogP contribution in [0, 0.1) is 17.0 Å². The van der Waals surface area contributed by atoms with Crippen molar-refractivity contribution in [3.05, 3.63) is 39.4 Å². The fourth-order valence-corrected chi connectivity index (χ4v) is 1.25. The van der Waals surface area contributed by atoms with Gasteiger partial charge in [-0.1, -0.05) is 6.07 Å². The number of rotatable bonds is 2. The predicted octanol–water partition coefficient (Wildman–Crippen LogP) is 2.47. The zero-order valence-corrected chi connectivity index (χ0v) is 8.28. The van der Waals surface area contributed by atoms with E-state index in [1.54, 1.807) is 6.92 Å². The summed E-state index contributed by atoms with van der Waals surface area (Å²) in [6.07, 6.45) is -4.69. The van der Waals surface area contributed by atoms with Crippen LogP contribution in [0.3, 0.4) is 0 Å². The molecule has 0 aromatic heterocycles. The number of hydrogen-bond donors (Lipinski definition) is 1. The predicted molar refractivity (Wildman–Crippen MR) is 50.8 cm³/mol. The Bertz CT molecular complexity index is 418. The van der Waals surface area contributed by atoms with Crippen LogP contribution in [-0.4, -0.2) is 11.1 Å². The van der Waals surface area contributed by atoms with E-state index in [0.717, 1.165) is 12.1 Å². The van der Waals surface area contributed by atoms with Gasteiger partial charge in [0, 0.05) is 6.07 Å². The molecule has 0 radical (unpaired) electrons. The molecule has 7 heteroatoms. The fraction of sp³-hybridized carbons (Fsp3) is 0.333. The molecule has 0 saturated heterocycles. The van der Waals surface area contributed by atoms with Crippen LogP contribution in [0.2, 0.25) is 0 Å². The summed E-state index contributed by atoms with van der Waals surface area (Å²) in [5.41, 5.74) is 4.30. The quantitative estimate of drug-likeness (QED) is 0.631. The second-order valence-corrected chi connectivity index (χ2v) is 3.34. The first-order chi connectivity index (χ1) is 7.23. The molecular weight excluding hydrogens is 225 g/mol. The van der Waals surface area contributed by atoms with Crippen molar-refractivity contribution in [3.63, 3.8) is 0 Å². The first-order valence-electron chi connectivity index (χ1n) is 4.30. The van der Waals surface area contributed by atoms with E-state index in [-0.39, 0.29) is 0 Å². The highest BCUT2D eigenvalue weighted by Crippen LogP contribution is 2.35. The lowest BCUT2D eigenvalue weighted by Crippen LogP contribution is -2.29. The summed E-state index contributed by atoms with van der Waals surface area (Å²) in [6.45, 7) is 1.55. The molecule has 88 valence electrons. The molecule has 0 spiro atoms. The molecule has 0 aliphatic rings. The van der Waals surface area contributed by atoms with E-state index in [1.165, 1.54) is 6.07 Å². The topological polar surface area (TPSA) is 69.2 Å². The second kappa shape index (κ2) is 4.09. The SMILES string of the molecule is Cc1ccc([C@H](N)C(F)(F)F)c([N+](=O)[O-])c1. The molecule has 0 aliphatic heterocycles. The Balaban J connectivity index is 3.28. The van der Waals surface area contributed by atoms with Gasteiger partial charge in [-0.2, -0.15) is 13.2 Å². The fourth-order valence-electron chi connectivity index (χ4n) is 1.25. The maximum Gasteiger partial charge on any atom is 0.407 e. The number of nitrogens with two attached hydrogens (primary N) is 1. The molecule has 0 aliphatic carbocycles. The van der Waals surface area contributed by atoms with Gasteiger partial charge in [-0.25, -0.2) is 0 Å². The Morgan fingerprint density at radius 1 is 1.44 bits per heavy atom. The van der Waals surface area contributed by atoms with E-state index in [4.69, 9.17) is 5.73 Å².